The summed E-state index contributed by atoms with van der Waals surface area (Å²) in [5.74, 6) is 1.64. The molecule has 4 aromatic rings. The molecule has 0 saturated heterocycles. The Balaban J connectivity index is 1.64. The van der Waals surface area contributed by atoms with Crippen LogP contribution in [0.4, 0.5) is 0 Å². The summed E-state index contributed by atoms with van der Waals surface area (Å²) in [6.45, 7) is 0. The first kappa shape index (κ1) is 22.9. The van der Waals surface area contributed by atoms with Crippen LogP contribution in [0.2, 0.25) is 15.1 Å². The van der Waals surface area contributed by atoms with Gasteiger partial charge in [0.1, 0.15) is 0 Å². The largest absolute Gasteiger partial charge is 0.209 e. The van der Waals surface area contributed by atoms with Gasteiger partial charge in [0.25, 0.3) is 0 Å². The quantitative estimate of drug-likeness (QED) is 0.272. The zero-order chi connectivity index (χ0) is 23.0. The molecule has 0 radical (unpaired) electrons. The van der Waals surface area contributed by atoms with E-state index >= 15 is 0 Å². The van der Waals surface area contributed by atoms with Gasteiger partial charge in [-0.25, -0.2) is 15.0 Å². The van der Waals surface area contributed by atoms with Gasteiger partial charge >= 0.3 is 0 Å². The monoisotopic (exact) mass is 489 g/mol. The summed E-state index contributed by atoms with van der Waals surface area (Å²) >= 11 is 17.9. The van der Waals surface area contributed by atoms with Gasteiger partial charge in [0.2, 0.25) is 0 Å². The number of nitrogens with zero attached hydrogens (tertiary/aromatic N) is 3. The lowest BCUT2D eigenvalue weighted by Crippen LogP contribution is -1.99. The van der Waals surface area contributed by atoms with Crippen molar-refractivity contribution in [3.05, 3.63) is 122 Å². The van der Waals surface area contributed by atoms with E-state index in [1.165, 1.54) is 0 Å². The molecule has 1 aromatic heterocycles. The summed E-state index contributed by atoms with van der Waals surface area (Å²) in [6.07, 6.45) is 11.4. The summed E-state index contributed by atoms with van der Waals surface area (Å²) < 4.78 is 0. The van der Waals surface area contributed by atoms with Crippen molar-refractivity contribution < 1.29 is 0 Å². The first-order valence-corrected chi connectivity index (χ1v) is 11.2. The molecule has 0 spiro atoms. The fourth-order valence-electron chi connectivity index (χ4n) is 2.88. The molecule has 0 aliphatic rings. The standard InChI is InChI=1S/C27H18Cl3N3/c28-22-10-1-19(2-11-22)7-16-25-31-26(17-8-20-3-12-23(29)13-4-20)33-27(32-25)18-9-21-5-14-24(30)15-6-21/h1-18H/b16-7+,17-8+,18-9+. The molecule has 162 valence electrons. The molecule has 1 heterocycles. The lowest BCUT2D eigenvalue weighted by molar-refractivity contribution is 0.991. The fourth-order valence-corrected chi connectivity index (χ4v) is 3.26. The third kappa shape index (κ3) is 7.13. The Bertz CT molecular complexity index is 1130. The van der Waals surface area contributed by atoms with E-state index in [0.717, 1.165) is 16.7 Å². The molecule has 3 nitrogen and oxygen atoms in total. The van der Waals surface area contributed by atoms with Crippen LogP contribution < -0.4 is 0 Å². The first-order chi connectivity index (χ1) is 16.0. The highest BCUT2D eigenvalue weighted by atomic mass is 35.5. The number of hydrogen-bond donors (Lipinski definition) is 0. The predicted molar refractivity (Wildman–Crippen MR) is 141 cm³/mol. The zero-order valence-electron chi connectivity index (χ0n) is 17.4. The maximum Gasteiger partial charge on any atom is 0.156 e. The van der Waals surface area contributed by atoms with Gasteiger partial charge in [0.05, 0.1) is 0 Å². The highest BCUT2D eigenvalue weighted by Gasteiger charge is 2.02. The average molecular weight is 491 g/mol. The van der Waals surface area contributed by atoms with Crippen LogP contribution in [0.3, 0.4) is 0 Å². The molecule has 0 saturated carbocycles. The normalized spacial score (nSPS) is 11.7. The molecule has 0 aliphatic carbocycles. The molecule has 0 bridgehead atoms. The van der Waals surface area contributed by atoms with E-state index in [2.05, 4.69) is 15.0 Å². The summed E-state index contributed by atoms with van der Waals surface area (Å²) in [5, 5.41) is 2.07. The van der Waals surface area contributed by atoms with Crippen molar-refractivity contribution in [3.63, 3.8) is 0 Å². The maximum atomic E-state index is 5.97. The lowest BCUT2D eigenvalue weighted by Gasteiger charge is -2.01. The highest BCUT2D eigenvalue weighted by molar-refractivity contribution is 6.31. The van der Waals surface area contributed by atoms with Crippen LogP contribution in [0, 0.1) is 0 Å². The topological polar surface area (TPSA) is 38.7 Å². The molecule has 0 N–H and O–H groups in total. The van der Waals surface area contributed by atoms with Crippen LogP contribution in [0.1, 0.15) is 34.2 Å². The Morgan fingerprint density at radius 1 is 0.364 bits per heavy atom. The van der Waals surface area contributed by atoms with Gasteiger partial charge in [0.15, 0.2) is 17.5 Å². The fraction of sp³-hybridized carbons (Fsp3) is 0. The smallest absolute Gasteiger partial charge is 0.156 e. The van der Waals surface area contributed by atoms with Crippen molar-refractivity contribution >= 4 is 71.3 Å². The second-order valence-corrected chi connectivity index (χ2v) is 8.37. The molecule has 6 heteroatoms. The van der Waals surface area contributed by atoms with Crippen LogP contribution in [0.5, 0.6) is 0 Å². The van der Waals surface area contributed by atoms with Gasteiger partial charge in [-0.2, -0.15) is 0 Å². The van der Waals surface area contributed by atoms with Crippen molar-refractivity contribution in [2.24, 2.45) is 0 Å². The molecule has 0 amide bonds. The van der Waals surface area contributed by atoms with Crippen LogP contribution >= 0.6 is 34.8 Å². The minimum absolute atomic E-state index is 0.548. The van der Waals surface area contributed by atoms with Crippen molar-refractivity contribution in [2.45, 2.75) is 0 Å². The predicted octanol–water partition coefficient (Wildman–Crippen LogP) is 8.34. The van der Waals surface area contributed by atoms with E-state index in [4.69, 9.17) is 34.8 Å². The number of aromatic nitrogens is 3. The van der Waals surface area contributed by atoms with Crippen LogP contribution in [-0.2, 0) is 0 Å². The molecule has 33 heavy (non-hydrogen) atoms. The first-order valence-electron chi connectivity index (χ1n) is 10.1. The van der Waals surface area contributed by atoms with Gasteiger partial charge in [-0.3, -0.25) is 0 Å². The van der Waals surface area contributed by atoms with E-state index in [0.29, 0.717) is 32.5 Å². The number of rotatable bonds is 6. The zero-order valence-corrected chi connectivity index (χ0v) is 19.6. The summed E-state index contributed by atoms with van der Waals surface area (Å²) in [6, 6.07) is 22.7. The molecule has 0 aliphatic heterocycles. The summed E-state index contributed by atoms with van der Waals surface area (Å²) in [5.41, 5.74) is 2.99. The molecule has 0 fully saturated rings. The van der Waals surface area contributed by atoms with Gasteiger partial charge in [0, 0.05) is 15.1 Å². The van der Waals surface area contributed by atoms with Crippen LogP contribution in [-0.4, -0.2) is 15.0 Å². The van der Waals surface area contributed by atoms with Crippen molar-refractivity contribution in [1.29, 1.82) is 0 Å². The Morgan fingerprint density at radius 3 is 0.848 bits per heavy atom. The van der Waals surface area contributed by atoms with Gasteiger partial charge < -0.3 is 0 Å². The molecule has 0 atom stereocenters. The second kappa shape index (κ2) is 11.1. The Labute approximate surface area is 207 Å². The number of benzene rings is 3. The molecule has 0 unspecified atom stereocenters. The van der Waals surface area contributed by atoms with E-state index in [1.54, 1.807) is 0 Å². The average Bonchev–Trinajstić information content (AvgIpc) is 2.83. The third-order valence-electron chi connectivity index (χ3n) is 4.57. The molecular weight excluding hydrogens is 473 g/mol. The third-order valence-corrected chi connectivity index (χ3v) is 5.33. The lowest BCUT2D eigenvalue weighted by atomic mass is 10.2. The summed E-state index contributed by atoms with van der Waals surface area (Å²) in [7, 11) is 0. The Hall–Kier alpha value is -3.24. The van der Waals surface area contributed by atoms with E-state index < -0.39 is 0 Å². The number of hydrogen-bond acceptors (Lipinski definition) is 3. The van der Waals surface area contributed by atoms with Crippen LogP contribution in [0.25, 0.3) is 36.5 Å². The minimum atomic E-state index is 0.548. The minimum Gasteiger partial charge on any atom is -0.209 e. The van der Waals surface area contributed by atoms with Gasteiger partial charge in [-0.15, -0.1) is 0 Å². The Kier molecular flexibility index (Phi) is 7.69. The Morgan fingerprint density at radius 2 is 0.606 bits per heavy atom. The van der Waals surface area contributed by atoms with Crippen molar-refractivity contribution in [2.75, 3.05) is 0 Å². The molecule has 4 rings (SSSR count). The highest BCUT2D eigenvalue weighted by Crippen LogP contribution is 2.15. The maximum absolute atomic E-state index is 5.97. The van der Waals surface area contributed by atoms with E-state index in [9.17, 15) is 0 Å². The van der Waals surface area contributed by atoms with Gasteiger partial charge in [-0.05, 0) is 71.3 Å². The summed E-state index contributed by atoms with van der Waals surface area (Å²) in [4.78, 5) is 13.7. The second-order valence-electron chi connectivity index (χ2n) is 7.06. The van der Waals surface area contributed by atoms with Crippen molar-refractivity contribution in [3.8, 4) is 0 Å². The van der Waals surface area contributed by atoms with Crippen molar-refractivity contribution in [1.82, 2.24) is 15.0 Å². The van der Waals surface area contributed by atoms with E-state index in [-0.39, 0.29) is 0 Å². The van der Waals surface area contributed by atoms with E-state index in [1.807, 2.05) is 109 Å². The number of halogens is 3. The van der Waals surface area contributed by atoms with Gasteiger partial charge in [-0.1, -0.05) is 89.4 Å². The molecule has 3 aromatic carbocycles. The molecular formula is C27H18Cl3N3. The SMILES string of the molecule is Clc1ccc(/C=C/c2nc(/C=C/c3ccc(Cl)cc3)nc(/C=C/c3ccc(Cl)cc3)n2)cc1. The van der Waals surface area contributed by atoms with Crippen LogP contribution in [0.15, 0.2) is 72.8 Å².